The van der Waals surface area contributed by atoms with Crippen molar-refractivity contribution in [1.82, 2.24) is 0 Å². The van der Waals surface area contributed by atoms with Crippen LogP contribution < -0.4 is 24.8 Å². The molecular weight excluding hydrogens is 727 g/mol. The SMILES string of the molecule is CC1=CC(C)(C)c2cc3c(cc21)-c1cc2c(cc1[CH]3/[Zr+2](=[CH]/c1cccc3ccccc13)[C]1=C(C)C(C(C)(C)C)=CC1C)C(C)(C)C=C2C.[Cl-].[Cl-]. The molecule has 256 valence electrons. The van der Waals surface area contributed by atoms with Crippen LogP contribution in [0.1, 0.15) is 119 Å². The van der Waals surface area contributed by atoms with Crippen molar-refractivity contribution in [2.45, 2.75) is 90.6 Å². The van der Waals surface area contributed by atoms with Crippen molar-refractivity contribution in [2.75, 3.05) is 0 Å². The van der Waals surface area contributed by atoms with E-state index in [1.54, 1.807) is 25.6 Å². The van der Waals surface area contributed by atoms with Crippen LogP contribution in [0.25, 0.3) is 33.0 Å². The van der Waals surface area contributed by atoms with Crippen molar-refractivity contribution in [1.29, 1.82) is 0 Å². The molecule has 8 rings (SSSR count). The Morgan fingerprint density at radius 3 is 1.72 bits per heavy atom. The van der Waals surface area contributed by atoms with E-state index in [1.807, 2.05) is 0 Å². The minimum Gasteiger partial charge on any atom is -1.00 e. The number of halogens is 2. The molecule has 0 fully saturated rings. The molecule has 4 aliphatic carbocycles. The maximum absolute atomic E-state index is 2.85. The predicted molar refractivity (Wildman–Crippen MR) is 206 cm³/mol. The molecular formula is C47H50Cl2Zr. The van der Waals surface area contributed by atoms with Gasteiger partial charge in [-0.1, -0.05) is 0 Å². The van der Waals surface area contributed by atoms with Crippen molar-refractivity contribution in [3.8, 4) is 11.1 Å². The third-order valence-electron chi connectivity index (χ3n) is 11.9. The third-order valence-corrected chi connectivity index (χ3v) is 20.1. The molecule has 0 saturated heterocycles. The first-order valence-electron chi connectivity index (χ1n) is 18.0. The summed E-state index contributed by atoms with van der Waals surface area (Å²) in [5.74, 6) is 0.455. The molecule has 50 heavy (non-hydrogen) atoms. The van der Waals surface area contributed by atoms with E-state index < -0.39 is 21.3 Å². The Labute approximate surface area is 320 Å². The van der Waals surface area contributed by atoms with E-state index in [0.717, 1.165) is 0 Å². The number of rotatable bonds is 3. The van der Waals surface area contributed by atoms with E-state index >= 15 is 0 Å². The second kappa shape index (κ2) is 12.5. The maximum atomic E-state index is 2.85. The summed E-state index contributed by atoms with van der Waals surface area (Å²) in [6, 6.07) is 26.5. The fourth-order valence-corrected chi connectivity index (χ4v) is 18.6. The molecule has 0 spiro atoms. The Hall–Kier alpha value is -2.57. The Kier molecular flexibility index (Phi) is 9.33. The molecule has 0 amide bonds. The molecule has 0 heterocycles. The van der Waals surface area contributed by atoms with Crippen molar-refractivity contribution < 1.29 is 46.1 Å². The zero-order valence-corrected chi connectivity index (χ0v) is 35.5. The maximum Gasteiger partial charge on any atom is -1.00 e. The van der Waals surface area contributed by atoms with Gasteiger partial charge in [0, 0.05) is 0 Å². The normalized spacial score (nSPS) is 19.7. The minimum atomic E-state index is -2.74. The summed E-state index contributed by atoms with van der Waals surface area (Å²) in [5, 5.41) is 2.72. The van der Waals surface area contributed by atoms with Gasteiger partial charge in [-0.05, 0) is 0 Å². The van der Waals surface area contributed by atoms with Crippen LogP contribution in [0.4, 0.5) is 0 Å². The van der Waals surface area contributed by atoms with Crippen molar-refractivity contribution in [2.24, 2.45) is 11.3 Å². The molecule has 0 aliphatic heterocycles. The molecule has 1 unspecified atom stereocenters. The molecule has 0 N–H and O–H groups in total. The quantitative estimate of drug-likeness (QED) is 0.218. The molecule has 4 aromatic rings. The summed E-state index contributed by atoms with van der Waals surface area (Å²) in [7, 11) is 0. The van der Waals surface area contributed by atoms with Gasteiger partial charge in [-0.25, -0.2) is 0 Å². The number of hydrogen-bond acceptors (Lipinski definition) is 0. The Morgan fingerprint density at radius 1 is 0.680 bits per heavy atom. The van der Waals surface area contributed by atoms with Gasteiger partial charge in [0.25, 0.3) is 0 Å². The van der Waals surface area contributed by atoms with Crippen molar-refractivity contribution >= 4 is 25.6 Å². The number of allylic oxidation sites excluding steroid dienone is 8. The number of hydrogen-bond donors (Lipinski definition) is 0. The molecule has 3 heteroatoms. The topological polar surface area (TPSA) is 0 Å². The summed E-state index contributed by atoms with van der Waals surface area (Å²) in [6.07, 6.45) is 7.61. The Bertz CT molecular complexity index is 2170. The van der Waals surface area contributed by atoms with E-state index in [1.165, 1.54) is 60.9 Å². The molecule has 4 aliphatic rings. The van der Waals surface area contributed by atoms with Crippen molar-refractivity contribution in [3.05, 3.63) is 138 Å². The van der Waals surface area contributed by atoms with Gasteiger partial charge < -0.3 is 24.8 Å². The average Bonchev–Trinajstić information content (AvgIpc) is 3.65. The molecule has 1 atom stereocenters. The first kappa shape index (κ1) is 37.2. The van der Waals surface area contributed by atoms with E-state index in [9.17, 15) is 0 Å². The largest absolute Gasteiger partial charge is 1.00 e. The fraction of sp³-hybridized carbons (Fsp3) is 0.340. The van der Waals surface area contributed by atoms with Crippen LogP contribution in [0.5, 0.6) is 0 Å². The van der Waals surface area contributed by atoms with Crippen molar-refractivity contribution in [3.63, 3.8) is 0 Å². The predicted octanol–water partition coefficient (Wildman–Crippen LogP) is 6.67. The van der Waals surface area contributed by atoms with Gasteiger partial charge in [0.2, 0.25) is 0 Å². The van der Waals surface area contributed by atoms with E-state index in [4.69, 9.17) is 0 Å². The number of benzene rings is 4. The summed E-state index contributed by atoms with van der Waals surface area (Å²) in [5.41, 5.74) is 19.6. The van der Waals surface area contributed by atoms with Crippen LogP contribution in [0.15, 0.2) is 99.4 Å². The van der Waals surface area contributed by atoms with Crippen LogP contribution in [0.3, 0.4) is 0 Å². The van der Waals surface area contributed by atoms with Crippen LogP contribution >= 0.6 is 0 Å². The average molecular weight is 777 g/mol. The Balaban J connectivity index is 0.00000216. The van der Waals surface area contributed by atoms with Gasteiger partial charge in [0.15, 0.2) is 0 Å². The van der Waals surface area contributed by atoms with E-state index in [0.29, 0.717) is 9.54 Å². The second-order valence-electron chi connectivity index (χ2n) is 17.3. The fourth-order valence-electron chi connectivity index (χ4n) is 9.89. The van der Waals surface area contributed by atoms with Gasteiger partial charge in [-0.3, -0.25) is 0 Å². The molecule has 0 radical (unpaired) electrons. The zero-order valence-electron chi connectivity index (χ0n) is 31.6. The van der Waals surface area contributed by atoms with Gasteiger partial charge >= 0.3 is 298 Å². The monoisotopic (exact) mass is 774 g/mol. The molecule has 0 saturated carbocycles. The third kappa shape index (κ3) is 5.61. The summed E-state index contributed by atoms with van der Waals surface area (Å²) >= 11 is -2.74. The number of fused-ring (bicyclic) bond motifs is 6. The first-order chi connectivity index (χ1) is 22.6. The van der Waals surface area contributed by atoms with Crippen LogP contribution in [0, 0.1) is 11.3 Å². The smallest absolute Gasteiger partial charge is 1.00 e. The van der Waals surface area contributed by atoms with Gasteiger partial charge in [0.05, 0.1) is 0 Å². The molecule has 0 aromatic heterocycles. The summed E-state index contributed by atoms with van der Waals surface area (Å²) in [6.45, 7) is 26.4. The van der Waals surface area contributed by atoms with E-state index in [2.05, 4.69) is 165 Å². The van der Waals surface area contributed by atoms with Gasteiger partial charge in [-0.15, -0.1) is 0 Å². The molecule has 4 aromatic carbocycles. The standard InChI is InChI=1S/C25H25.C11H8.C11H17.2ClH.Zr/c1-14-12-24(3,4)22-8-16-7-17-9-23-19(15(2)13-25(23,5)6)11-21(17)20(16)10-18(14)22;1-9-5-4-7-10-6-2-3-8-11(9)10;1-8-6-9(2)10(7-8)11(3,4)5;;;/h7-13H,1-6H3;1-8H;7-8H,1-5H3;2*1H;/q;;;;;+2/p-2. The Morgan fingerprint density at radius 2 is 1.20 bits per heavy atom. The van der Waals surface area contributed by atoms with Crippen LogP contribution in [0.2, 0.25) is 0 Å². The van der Waals surface area contributed by atoms with Gasteiger partial charge in [-0.2, -0.15) is 0 Å². The zero-order chi connectivity index (χ0) is 34.1. The van der Waals surface area contributed by atoms with Gasteiger partial charge in [0.1, 0.15) is 0 Å². The minimum absolute atomic E-state index is 0. The van der Waals surface area contributed by atoms with E-state index in [-0.39, 0.29) is 41.1 Å². The first-order valence-corrected chi connectivity index (χ1v) is 22.0. The summed E-state index contributed by atoms with van der Waals surface area (Å²) in [4.78, 5) is 0. The molecule has 0 bridgehead atoms. The summed E-state index contributed by atoms with van der Waals surface area (Å²) < 4.78 is 5.05. The van der Waals surface area contributed by atoms with Crippen LogP contribution in [-0.4, -0.2) is 3.71 Å². The molecule has 0 nitrogen and oxygen atoms in total. The second-order valence-corrected chi connectivity index (χ2v) is 23.0. The van der Waals surface area contributed by atoms with Crippen LogP contribution in [-0.2, 0) is 32.1 Å².